The average molecular weight is 359 g/mol. The van der Waals surface area contributed by atoms with E-state index in [0.717, 1.165) is 24.8 Å². The van der Waals surface area contributed by atoms with Crippen molar-refractivity contribution < 1.29 is 19.5 Å². The summed E-state index contributed by atoms with van der Waals surface area (Å²) in [6.07, 6.45) is 3.17. The molecule has 9 heteroatoms. The number of hydrogen-bond donors (Lipinski definition) is 1. The van der Waals surface area contributed by atoms with Crippen molar-refractivity contribution in [2.75, 3.05) is 25.9 Å². The van der Waals surface area contributed by atoms with Crippen LogP contribution in [-0.4, -0.2) is 64.6 Å². The minimum Gasteiger partial charge on any atom is -0.480 e. The van der Waals surface area contributed by atoms with Gasteiger partial charge < -0.3 is 14.9 Å². The first kappa shape index (κ1) is 20.4. The van der Waals surface area contributed by atoms with Gasteiger partial charge in [0, 0.05) is 55.3 Å². The first-order valence-electron chi connectivity index (χ1n) is 8.08. The van der Waals surface area contributed by atoms with Crippen LogP contribution < -0.4 is 0 Å². The molecule has 1 unspecified atom stereocenters. The molecule has 0 aromatic carbocycles. The van der Waals surface area contributed by atoms with Crippen LogP contribution >= 0.6 is 11.9 Å². The summed E-state index contributed by atoms with van der Waals surface area (Å²) in [4.78, 5) is 48.4. The number of rotatable bonds is 10. The maximum absolute atomic E-state index is 12.6. The second kappa shape index (κ2) is 10.3. The number of likely N-dealkylation sites (tertiary alicyclic amines) is 1. The molecule has 2 amide bonds. The van der Waals surface area contributed by atoms with E-state index in [1.54, 1.807) is 11.9 Å². The summed E-state index contributed by atoms with van der Waals surface area (Å²) in [6, 6.07) is -0.766. The molecule has 2 atom stereocenters. The standard InChI is InChI=1S/C15H25N3O5S/c1-11(19)17(2)8-4-3-6-12(10-24-16-23)14(20)18-9-5-7-13(18)15(21)22/h12-13H,3-10H2,1-2H3,(H,21,22)/t12?,13-/m0/s1. The van der Waals surface area contributed by atoms with E-state index in [2.05, 4.69) is 4.58 Å². The molecule has 136 valence electrons. The van der Waals surface area contributed by atoms with E-state index >= 15 is 0 Å². The van der Waals surface area contributed by atoms with Crippen LogP contribution in [0.5, 0.6) is 0 Å². The Morgan fingerprint density at radius 2 is 2.08 bits per heavy atom. The second-order valence-corrected chi connectivity index (χ2v) is 6.77. The van der Waals surface area contributed by atoms with Gasteiger partial charge in [0.15, 0.2) is 0 Å². The van der Waals surface area contributed by atoms with Gasteiger partial charge in [0.1, 0.15) is 6.04 Å². The van der Waals surface area contributed by atoms with Crippen molar-refractivity contribution in [3.05, 3.63) is 4.91 Å². The van der Waals surface area contributed by atoms with Crippen LogP contribution in [0.2, 0.25) is 0 Å². The fourth-order valence-corrected chi connectivity index (χ4v) is 3.37. The minimum absolute atomic E-state index is 0.00953. The molecule has 0 bridgehead atoms. The first-order valence-corrected chi connectivity index (χ1v) is 9.02. The Hall–Kier alpha value is -1.64. The van der Waals surface area contributed by atoms with Gasteiger partial charge in [0.2, 0.25) is 11.8 Å². The molecule has 1 fully saturated rings. The van der Waals surface area contributed by atoms with Crippen molar-refractivity contribution in [3.8, 4) is 0 Å². The zero-order valence-electron chi connectivity index (χ0n) is 14.1. The molecule has 0 aliphatic carbocycles. The maximum Gasteiger partial charge on any atom is 0.326 e. The molecule has 1 aliphatic heterocycles. The fraction of sp³-hybridized carbons (Fsp3) is 0.800. The van der Waals surface area contributed by atoms with Crippen LogP contribution in [0.3, 0.4) is 0 Å². The van der Waals surface area contributed by atoms with Crippen LogP contribution in [0.15, 0.2) is 4.58 Å². The highest BCUT2D eigenvalue weighted by molar-refractivity contribution is 7.97. The summed E-state index contributed by atoms with van der Waals surface area (Å²) in [5.41, 5.74) is 0. The number of carboxylic acids is 1. The molecular formula is C15H25N3O5S. The van der Waals surface area contributed by atoms with Gasteiger partial charge in [-0.1, -0.05) is 6.42 Å². The van der Waals surface area contributed by atoms with Crippen molar-refractivity contribution in [1.29, 1.82) is 0 Å². The highest BCUT2D eigenvalue weighted by Crippen LogP contribution is 2.24. The molecule has 24 heavy (non-hydrogen) atoms. The van der Waals surface area contributed by atoms with Crippen molar-refractivity contribution in [2.24, 2.45) is 10.5 Å². The lowest BCUT2D eigenvalue weighted by Gasteiger charge is -2.26. The van der Waals surface area contributed by atoms with Crippen LogP contribution in [0.1, 0.15) is 39.0 Å². The molecular weight excluding hydrogens is 334 g/mol. The van der Waals surface area contributed by atoms with E-state index in [1.165, 1.54) is 11.8 Å². The van der Waals surface area contributed by atoms with Gasteiger partial charge in [-0.3, -0.25) is 9.59 Å². The van der Waals surface area contributed by atoms with E-state index in [9.17, 15) is 24.4 Å². The van der Waals surface area contributed by atoms with E-state index in [4.69, 9.17) is 0 Å². The third-order valence-corrected chi connectivity index (χ3v) is 4.99. The van der Waals surface area contributed by atoms with Crippen molar-refractivity contribution in [3.63, 3.8) is 0 Å². The molecule has 0 spiro atoms. The maximum atomic E-state index is 12.6. The van der Waals surface area contributed by atoms with E-state index < -0.39 is 17.9 Å². The highest BCUT2D eigenvalue weighted by atomic mass is 32.2. The largest absolute Gasteiger partial charge is 0.480 e. The number of aliphatic carboxylic acids is 1. The van der Waals surface area contributed by atoms with Gasteiger partial charge in [-0.25, -0.2) is 4.79 Å². The van der Waals surface area contributed by atoms with Crippen LogP contribution in [-0.2, 0) is 14.4 Å². The van der Waals surface area contributed by atoms with E-state index in [1.807, 2.05) is 0 Å². The molecule has 1 aliphatic rings. The number of hydrogen-bond acceptors (Lipinski definition) is 6. The number of carbonyl (C=O) groups is 3. The fourth-order valence-electron chi connectivity index (χ4n) is 2.82. The topological polar surface area (TPSA) is 107 Å². The molecule has 0 aromatic rings. The van der Waals surface area contributed by atoms with Crippen LogP contribution in [0.4, 0.5) is 0 Å². The van der Waals surface area contributed by atoms with Crippen LogP contribution in [0.25, 0.3) is 0 Å². The number of amides is 2. The van der Waals surface area contributed by atoms with E-state index in [-0.39, 0.29) is 17.6 Å². The van der Waals surface area contributed by atoms with Gasteiger partial charge in [0.05, 0.1) is 0 Å². The molecule has 1 N–H and O–H groups in total. The molecule has 8 nitrogen and oxygen atoms in total. The Morgan fingerprint density at radius 1 is 1.38 bits per heavy atom. The Bertz CT molecular complexity index is 474. The monoisotopic (exact) mass is 359 g/mol. The first-order chi connectivity index (χ1) is 11.4. The van der Waals surface area contributed by atoms with Gasteiger partial charge in [-0.15, -0.1) is 4.91 Å². The molecule has 0 aromatic heterocycles. The molecule has 1 rings (SSSR count). The average Bonchev–Trinajstić information content (AvgIpc) is 3.03. The number of nitrogens with zero attached hydrogens (tertiary/aromatic N) is 3. The highest BCUT2D eigenvalue weighted by Gasteiger charge is 2.36. The number of carboxylic acid groups (broad SMARTS) is 1. The quantitative estimate of drug-likeness (QED) is 0.362. The third kappa shape index (κ3) is 6.10. The molecule has 0 saturated carbocycles. The van der Waals surface area contributed by atoms with Gasteiger partial charge in [0.25, 0.3) is 0 Å². The summed E-state index contributed by atoms with van der Waals surface area (Å²) in [6.45, 7) is 2.55. The Labute approximate surface area is 146 Å². The zero-order valence-corrected chi connectivity index (χ0v) is 15.0. The number of nitroso groups, excluding NO2 is 1. The molecule has 0 radical (unpaired) electrons. The lowest BCUT2D eigenvalue weighted by molar-refractivity contribution is -0.149. The molecule has 1 heterocycles. The number of carbonyl (C=O) groups excluding carboxylic acids is 2. The van der Waals surface area contributed by atoms with Crippen LogP contribution in [0, 0.1) is 10.8 Å². The van der Waals surface area contributed by atoms with Crippen molar-refractivity contribution in [1.82, 2.24) is 9.80 Å². The van der Waals surface area contributed by atoms with Crippen molar-refractivity contribution in [2.45, 2.75) is 45.1 Å². The second-order valence-electron chi connectivity index (χ2n) is 6.03. The summed E-state index contributed by atoms with van der Waals surface area (Å²) < 4.78 is 2.75. The lowest BCUT2D eigenvalue weighted by Crippen LogP contribution is -2.44. The Balaban J connectivity index is 2.57. The Kier molecular flexibility index (Phi) is 8.73. The predicted molar refractivity (Wildman–Crippen MR) is 91.3 cm³/mol. The summed E-state index contributed by atoms with van der Waals surface area (Å²) >= 11 is 0.792. The zero-order chi connectivity index (χ0) is 18.1. The Morgan fingerprint density at radius 3 is 2.67 bits per heavy atom. The lowest BCUT2D eigenvalue weighted by atomic mass is 10.0. The van der Waals surface area contributed by atoms with Crippen molar-refractivity contribution >= 4 is 29.7 Å². The molecule has 1 saturated heterocycles. The van der Waals surface area contributed by atoms with Gasteiger partial charge in [-0.05, 0) is 25.7 Å². The number of unbranched alkanes of at least 4 members (excludes halogenated alkanes) is 1. The third-order valence-electron chi connectivity index (χ3n) is 4.33. The smallest absolute Gasteiger partial charge is 0.326 e. The van der Waals surface area contributed by atoms with Gasteiger partial charge >= 0.3 is 5.97 Å². The normalized spacial score (nSPS) is 18.2. The summed E-state index contributed by atoms with van der Waals surface area (Å²) in [5, 5.41) is 9.21. The SMILES string of the molecule is CC(=O)N(C)CCCCC(CSN=O)C(=O)N1CCC[C@H]1C(=O)O. The summed E-state index contributed by atoms with van der Waals surface area (Å²) in [7, 11) is 1.72. The van der Waals surface area contributed by atoms with Gasteiger partial charge in [-0.2, -0.15) is 0 Å². The predicted octanol–water partition coefficient (Wildman–Crippen LogP) is 1.74. The van der Waals surface area contributed by atoms with E-state index in [0.29, 0.717) is 32.4 Å². The summed E-state index contributed by atoms with van der Waals surface area (Å²) in [5.74, 6) is -1.37. The minimum atomic E-state index is -0.983.